The number of hydrazine groups is 1. The van der Waals surface area contributed by atoms with E-state index < -0.39 is 0 Å². The van der Waals surface area contributed by atoms with Crippen LogP contribution in [0.25, 0.3) is 0 Å². The molecule has 0 aliphatic heterocycles. The van der Waals surface area contributed by atoms with E-state index in [4.69, 9.17) is 11.6 Å². The maximum atomic E-state index is 5.55. The molecule has 0 unspecified atom stereocenters. The van der Waals surface area contributed by atoms with Gasteiger partial charge in [-0.15, -0.1) is 0 Å². The fraction of sp³-hybridized carbons (Fsp3) is 0.364. The van der Waals surface area contributed by atoms with Crippen LogP contribution in [0.15, 0.2) is 23.2 Å². The normalized spacial score (nSPS) is 15.9. The lowest BCUT2D eigenvalue weighted by Gasteiger charge is -2.17. The molecule has 5 N–H and O–H groups in total. The molecule has 1 aliphatic rings. The van der Waals surface area contributed by atoms with Gasteiger partial charge in [0.2, 0.25) is 5.96 Å². The Kier molecular flexibility index (Phi) is 2.87. The van der Waals surface area contributed by atoms with E-state index in [1.807, 2.05) is 12.1 Å². The van der Waals surface area contributed by atoms with E-state index in [0.29, 0.717) is 0 Å². The molecule has 0 saturated heterocycles. The molecule has 0 aromatic heterocycles. The quantitative estimate of drug-likeness (QED) is 0.276. The summed E-state index contributed by atoms with van der Waals surface area (Å²) in [5.74, 6) is 5.45. The predicted molar refractivity (Wildman–Crippen MR) is 61.7 cm³/mol. The van der Waals surface area contributed by atoms with Gasteiger partial charge in [0.05, 0.1) is 5.69 Å². The molecule has 15 heavy (non-hydrogen) atoms. The molecule has 1 aromatic carbocycles. The van der Waals surface area contributed by atoms with Crippen molar-refractivity contribution in [1.82, 2.24) is 5.43 Å². The molecule has 1 aliphatic carbocycles. The maximum absolute atomic E-state index is 5.55. The Labute approximate surface area is 89.3 Å². The highest BCUT2D eigenvalue weighted by molar-refractivity contribution is 5.81. The highest BCUT2D eigenvalue weighted by Gasteiger charge is 2.12. The second-order valence-electron chi connectivity index (χ2n) is 3.76. The molecule has 0 spiro atoms. The summed E-state index contributed by atoms with van der Waals surface area (Å²) in [5, 5.41) is 0. The zero-order chi connectivity index (χ0) is 10.7. The molecular formula is C11H16N4. The van der Waals surface area contributed by atoms with E-state index >= 15 is 0 Å². The lowest BCUT2D eigenvalue weighted by molar-refractivity contribution is 0.686. The lowest BCUT2D eigenvalue weighted by Crippen LogP contribution is -2.36. The Balaban J connectivity index is 2.39. The third-order valence-electron chi connectivity index (χ3n) is 2.76. The van der Waals surface area contributed by atoms with Crippen LogP contribution >= 0.6 is 0 Å². The summed E-state index contributed by atoms with van der Waals surface area (Å²) in [7, 11) is 0. The Morgan fingerprint density at radius 1 is 1.27 bits per heavy atom. The third-order valence-corrected chi connectivity index (χ3v) is 2.76. The second-order valence-corrected chi connectivity index (χ2v) is 3.76. The summed E-state index contributed by atoms with van der Waals surface area (Å²) in [5.41, 5.74) is 11.6. The number of nitrogens with zero attached hydrogens (tertiary/aromatic N) is 1. The van der Waals surface area contributed by atoms with Crippen molar-refractivity contribution in [3.8, 4) is 0 Å². The van der Waals surface area contributed by atoms with Gasteiger partial charge >= 0.3 is 0 Å². The number of rotatable bonds is 1. The van der Waals surface area contributed by atoms with Crippen molar-refractivity contribution in [2.75, 3.05) is 0 Å². The molecule has 0 fully saturated rings. The Bertz CT molecular complexity index is 384. The maximum Gasteiger partial charge on any atom is 0.208 e. The van der Waals surface area contributed by atoms with E-state index in [1.165, 1.54) is 24.0 Å². The topological polar surface area (TPSA) is 76.4 Å². The molecule has 0 amide bonds. The van der Waals surface area contributed by atoms with Crippen molar-refractivity contribution in [1.29, 1.82) is 0 Å². The fourth-order valence-corrected chi connectivity index (χ4v) is 2.03. The van der Waals surface area contributed by atoms with E-state index in [2.05, 4.69) is 16.5 Å². The number of benzene rings is 1. The Hall–Kier alpha value is -1.55. The molecule has 2 rings (SSSR count). The van der Waals surface area contributed by atoms with Gasteiger partial charge < -0.3 is 5.73 Å². The van der Waals surface area contributed by atoms with Gasteiger partial charge in [-0.05, 0) is 42.9 Å². The second kappa shape index (κ2) is 4.31. The van der Waals surface area contributed by atoms with Crippen LogP contribution in [0.1, 0.15) is 24.0 Å². The number of hydrogen-bond donors (Lipinski definition) is 3. The van der Waals surface area contributed by atoms with Crippen molar-refractivity contribution in [2.24, 2.45) is 16.6 Å². The molecule has 80 valence electrons. The number of nitrogens with one attached hydrogen (secondary N) is 1. The summed E-state index contributed by atoms with van der Waals surface area (Å²) in [6, 6.07) is 6.17. The first kappa shape index (κ1) is 9.98. The van der Waals surface area contributed by atoms with Crippen LogP contribution in [0.5, 0.6) is 0 Å². The van der Waals surface area contributed by atoms with Gasteiger partial charge in [0, 0.05) is 0 Å². The number of fused-ring (bicyclic) bond motifs is 1. The average molecular weight is 204 g/mol. The molecule has 0 bridgehead atoms. The monoisotopic (exact) mass is 204 g/mol. The lowest BCUT2D eigenvalue weighted by atomic mass is 9.90. The molecular weight excluding hydrogens is 188 g/mol. The van der Waals surface area contributed by atoms with Crippen molar-refractivity contribution in [3.05, 3.63) is 29.3 Å². The number of aliphatic imine (C=N–C) groups is 1. The Morgan fingerprint density at radius 2 is 2.07 bits per heavy atom. The number of nitrogens with two attached hydrogens (primary N) is 2. The van der Waals surface area contributed by atoms with Crippen LogP contribution in [-0.2, 0) is 12.8 Å². The number of aryl methyl sites for hydroxylation is 1. The molecule has 4 nitrogen and oxygen atoms in total. The van der Waals surface area contributed by atoms with Crippen LogP contribution < -0.4 is 17.0 Å². The standard InChI is InChI=1S/C11H16N4/c12-11(15-13)14-10-7-3-5-8-4-1-2-6-9(8)10/h3,5,7H,1-2,4,6,13H2,(H3,12,14,15). The van der Waals surface area contributed by atoms with E-state index in [1.54, 1.807) is 0 Å². The van der Waals surface area contributed by atoms with E-state index in [9.17, 15) is 0 Å². The minimum atomic E-state index is 0.258. The van der Waals surface area contributed by atoms with Gasteiger partial charge in [0.15, 0.2) is 0 Å². The summed E-state index contributed by atoms with van der Waals surface area (Å²) >= 11 is 0. The van der Waals surface area contributed by atoms with Gasteiger partial charge in [0.25, 0.3) is 0 Å². The van der Waals surface area contributed by atoms with Gasteiger partial charge in [-0.1, -0.05) is 12.1 Å². The van der Waals surface area contributed by atoms with Crippen LogP contribution in [0.2, 0.25) is 0 Å². The minimum absolute atomic E-state index is 0.258. The minimum Gasteiger partial charge on any atom is -0.369 e. The fourth-order valence-electron chi connectivity index (χ4n) is 2.03. The smallest absolute Gasteiger partial charge is 0.208 e. The van der Waals surface area contributed by atoms with Crippen LogP contribution in [0, 0.1) is 0 Å². The average Bonchev–Trinajstić information content (AvgIpc) is 2.29. The van der Waals surface area contributed by atoms with Crippen molar-refractivity contribution >= 4 is 11.6 Å². The molecule has 0 saturated carbocycles. The molecule has 0 radical (unpaired) electrons. The van der Waals surface area contributed by atoms with Crippen LogP contribution in [0.3, 0.4) is 0 Å². The molecule has 0 heterocycles. The third kappa shape index (κ3) is 2.10. The first-order valence-corrected chi connectivity index (χ1v) is 5.23. The van der Waals surface area contributed by atoms with Crippen LogP contribution in [0.4, 0.5) is 5.69 Å². The van der Waals surface area contributed by atoms with E-state index in [0.717, 1.165) is 18.5 Å². The van der Waals surface area contributed by atoms with E-state index in [-0.39, 0.29) is 5.96 Å². The number of hydrogen-bond acceptors (Lipinski definition) is 2. The summed E-state index contributed by atoms with van der Waals surface area (Å²) < 4.78 is 0. The van der Waals surface area contributed by atoms with Crippen molar-refractivity contribution < 1.29 is 0 Å². The molecule has 4 heteroatoms. The van der Waals surface area contributed by atoms with Crippen molar-refractivity contribution in [3.63, 3.8) is 0 Å². The summed E-state index contributed by atoms with van der Waals surface area (Å²) in [6.07, 6.45) is 4.74. The summed E-state index contributed by atoms with van der Waals surface area (Å²) in [6.45, 7) is 0. The first-order valence-electron chi connectivity index (χ1n) is 5.23. The Morgan fingerprint density at radius 3 is 2.87 bits per heavy atom. The molecule has 1 aromatic rings. The number of guanidine groups is 1. The van der Waals surface area contributed by atoms with Gasteiger partial charge in [0.1, 0.15) is 0 Å². The zero-order valence-electron chi connectivity index (χ0n) is 8.66. The zero-order valence-corrected chi connectivity index (χ0v) is 8.66. The van der Waals surface area contributed by atoms with Gasteiger partial charge in [-0.2, -0.15) is 0 Å². The highest BCUT2D eigenvalue weighted by Crippen LogP contribution is 2.29. The largest absolute Gasteiger partial charge is 0.369 e. The van der Waals surface area contributed by atoms with Crippen molar-refractivity contribution in [2.45, 2.75) is 25.7 Å². The summed E-state index contributed by atoms with van der Waals surface area (Å²) in [4.78, 5) is 4.25. The highest BCUT2D eigenvalue weighted by atomic mass is 15.3. The molecule has 0 atom stereocenters. The van der Waals surface area contributed by atoms with Gasteiger partial charge in [-0.3, -0.25) is 5.43 Å². The van der Waals surface area contributed by atoms with Gasteiger partial charge in [-0.25, -0.2) is 10.8 Å². The first-order chi connectivity index (χ1) is 7.31. The van der Waals surface area contributed by atoms with Crippen LogP contribution in [-0.4, -0.2) is 5.96 Å². The predicted octanol–water partition coefficient (Wildman–Crippen LogP) is 0.975. The SMILES string of the molecule is NNC(N)=Nc1cccc2c1CCCC2.